The Kier molecular flexibility index (Phi) is 13.0. The second-order valence-corrected chi connectivity index (χ2v) is 31.5. The Balaban J connectivity index is 1.02. The van der Waals surface area contributed by atoms with Crippen LogP contribution in [0.2, 0.25) is 0 Å². The minimum absolute atomic E-state index is 0.190. The average Bonchev–Trinajstić information content (AvgIpc) is 0.751. The van der Waals surface area contributed by atoms with E-state index in [4.69, 9.17) is 0 Å². The fourth-order valence-corrected chi connectivity index (χ4v) is 25.1. The third kappa shape index (κ3) is 8.26. The Morgan fingerprint density at radius 3 is 1.09 bits per heavy atom. The van der Waals surface area contributed by atoms with Gasteiger partial charge in [-0.1, -0.05) is 303 Å². The molecule has 17 rings (SSSR count). The molecule has 0 bridgehead atoms. The highest BCUT2D eigenvalue weighted by atomic mass is 28.3. The number of hydrogen-bond acceptors (Lipinski definition) is 2. The second kappa shape index (κ2) is 22.0. The van der Waals surface area contributed by atoms with Crippen molar-refractivity contribution in [2.75, 3.05) is 9.80 Å². The first-order valence-electron chi connectivity index (χ1n) is 31.3. The van der Waals surface area contributed by atoms with Gasteiger partial charge in [-0.2, -0.15) is 0 Å². The third-order valence-corrected chi connectivity index (χ3v) is 28.8. The summed E-state index contributed by atoms with van der Waals surface area (Å²) in [6.45, 7) is -0.190. The summed E-state index contributed by atoms with van der Waals surface area (Å²) in [6, 6.07) is 138. The van der Waals surface area contributed by atoms with Crippen LogP contribution in [-0.2, 0) is 0 Å². The first-order valence-corrected chi connectivity index (χ1v) is 35.3. The molecule has 6 heteroatoms. The smallest absolute Gasteiger partial charge is 0.252 e. The molecule has 3 heterocycles. The van der Waals surface area contributed by atoms with Crippen LogP contribution in [0.25, 0.3) is 38.6 Å². The topological polar surface area (TPSA) is 11.4 Å². The number of anilines is 6. The maximum absolute atomic E-state index is 3.05. The van der Waals surface area contributed by atoms with E-state index in [0.29, 0.717) is 0 Å². The van der Waals surface area contributed by atoms with E-state index in [0.717, 1.165) is 45.2 Å². The van der Waals surface area contributed by atoms with Crippen LogP contribution in [0.15, 0.2) is 364 Å². The molecule has 0 fully saturated rings. The predicted molar refractivity (Wildman–Crippen MR) is 387 cm³/mol. The molecule has 0 radical (unpaired) electrons. The summed E-state index contributed by atoms with van der Waals surface area (Å²) in [7, 11) is -6.06. The zero-order valence-corrected chi connectivity index (χ0v) is 51.6. The van der Waals surface area contributed by atoms with Crippen molar-refractivity contribution in [2.45, 2.75) is 0 Å². The highest BCUT2D eigenvalue weighted by Gasteiger charge is 2.48. The van der Waals surface area contributed by atoms with Crippen molar-refractivity contribution in [3.05, 3.63) is 364 Å². The van der Waals surface area contributed by atoms with Crippen molar-refractivity contribution in [3.63, 3.8) is 0 Å². The Labute approximate surface area is 528 Å². The monoisotopic (exact) mass is 1180 g/mol. The second-order valence-electron chi connectivity index (χ2n) is 23.8. The van der Waals surface area contributed by atoms with Crippen LogP contribution in [0.3, 0.4) is 0 Å². The van der Waals surface area contributed by atoms with E-state index < -0.39 is 16.1 Å². The van der Waals surface area contributed by atoms with Crippen molar-refractivity contribution in [1.29, 1.82) is 0 Å². The Morgan fingerprint density at radius 1 is 0.233 bits per heavy atom. The third-order valence-electron chi connectivity index (χ3n) is 19.2. The number of fused-ring (bicyclic) bond motifs is 7. The molecule has 1 aromatic heterocycles. The number of nitrogens with zero attached hydrogens (tertiary/aromatic N) is 3. The number of para-hydroxylation sites is 3. The van der Waals surface area contributed by atoms with Gasteiger partial charge in [0.1, 0.15) is 0 Å². The zero-order valence-electron chi connectivity index (χ0n) is 49.6. The summed E-state index contributed by atoms with van der Waals surface area (Å²) in [5.74, 6) is 0. The molecule has 0 spiro atoms. The van der Waals surface area contributed by atoms with Gasteiger partial charge < -0.3 is 14.4 Å². The lowest BCUT2D eigenvalue weighted by atomic mass is 9.32. The molecule has 0 saturated carbocycles. The molecule has 0 saturated heterocycles. The van der Waals surface area contributed by atoms with Gasteiger partial charge >= 0.3 is 0 Å². The van der Waals surface area contributed by atoms with Crippen LogP contribution in [0, 0.1) is 0 Å². The maximum atomic E-state index is 2.64. The highest BCUT2D eigenvalue weighted by molar-refractivity contribution is 7.20. The van der Waals surface area contributed by atoms with Gasteiger partial charge in [0.2, 0.25) is 0 Å². The fraction of sp³-hybridized carbons (Fsp3) is 0. The first-order chi connectivity index (χ1) is 44.7. The molecule has 0 aliphatic carbocycles. The lowest BCUT2D eigenvalue weighted by Gasteiger charge is -2.46. The van der Waals surface area contributed by atoms with Crippen molar-refractivity contribution in [2.24, 2.45) is 0 Å². The Hall–Kier alpha value is -11.0. The number of rotatable bonds is 12. The molecule has 0 N–H and O–H groups in total. The Morgan fingerprint density at radius 2 is 0.611 bits per heavy atom. The summed E-state index contributed by atoms with van der Waals surface area (Å²) in [5.41, 5.74) is 16.5. The molecule has 422 valence electrons. The van der Waals surface area contributed by atoms with E-state index in [1.165, 1.54) is 85.5 Å². The number of benzene rings is 14. The van der Waals surface area contributed by atoms with E-state index >= 15 is 0 Å². The molecular weight excluding hydrogens is 1120 g/mol. The van der Waals surface area contributed by atoms with Crippen LogP contribution < -0.4 is 67.7 Å². The summed E-state index contributed by atoms with van der Waals surface area (Å²) in [4.78, 5) is 5.26. The van der Waals surface area contributed by atoms with Gasteiger partial charge in [0.25, 0.3) is 6.71 Å². The molecule has 2 aliphatic heterocycles. The van der Waals surface area contributed by atoms with Gasteiger partial charge in [-0.15, -0.1) is 0 Å². The van der Waals surface area contributed by atoms with Gasteiger partial charge in [0.15, 0.2) is 16.1 Å². The zero-order chi connectivity index (χ0) is 59.6. The molecule has 2 aliphatic rings. The van der Waals surface area contributed by atoms with Gasteiger partial charge in [0.05, 0.1) is 16.7 Å². The predicted octanol–water partition coefficient (Wildman–Crippen LogP) is 13.3. The molecule has 0 unspecified atom stereocenters. The molecular formula is C84H60BN3Si2. The van der Waals surface area contributed by atoms with Crippen molar-refractivity contribution >= 4 is 137 Å². The standard InChI is InChI=1S/C84H60BN3Si2/c1-9-31-61(32-10-1)73-51-30-54-79-83(73)85-76-56-55-72(90(68-42-19-6-20-43-68,69-44-21-7-22-45-69)70-46-23-8-24-47-70)60-80(76)86(62-33-11-2-12-34-62)81-58-64(88-77-52-27-25-49-74(77)75-50-26-28-53-78(75)88)59-82(84(81)85)87(79)63-35-29-48-71(57-63)89(65-36-13-3-14-37-65,66-38-15-4-16-39-66)67-40-17-5-18-41-67/h1-60H. The fourth-order valence-electron chi connectivity index (χ4n) is 15.6. The first kappa shape index (κ1) is 53.2. The molecule has 15 aromatic rings. The quantitative estimate of drug-likeness (QED) is 0.0892. The van der Waals surface area contributed by atoms with Crippen LogP contribution in [-0.4, -0.2) is 27.4 Å². The lowest BCUT2D eigenvalue weighted by molar-refractivity contribution is 1.16. The molecule has 0 atom stereocenters. The van der Waals surface area contributed by atoms with Gasteiger partial charge in [-0.05, 0) is 130 Å². The van der Waals surface area contributed by atoms with Crippen molar-refractivity contribution in [3.8, 4) is 16.8 Å². The van der Waals surface area contributed by atoms with Crippen LogP contribution >= 0.6 is 0 Å². The summed E-state index contributed by atoms with van der Waals surface area (Å²) >= 11 is 0. The van der Waals surface area contributed by atoms with Gasteiger partial charge in [-0.3, -0.25) is 0 Å². The summed E-state index contributed by atoms with van der Waals surface area (Å²) in [6.07, 6.45) is 0. The highest BCUT2D eigenvalue weighted by Crippen LogP contribution is 2.47. The number of aromatic nitrogens is 1. The SMILES string of the molecule is c1ccc(-c2cccc3c2B2c4ccc([Si](c5ccccc5)(c5ccccc5)c5ccccc5)cc4N(c4ccccc4)c4cc(-n5c6ccccc6c6ccccc65)cc(c42)N3c2cccc([Si](c3ccccc3)(c3ccccc3)c3ccccc3)c2)cc1. The Bertz CT molecular complexity index is 4860. The van der Waals surface area contributed by atoms with Crippen LogP contribution in [0.1, 0.15) is 0 Å². The lowest BCUT2D eigenvalue weighted by Crippen LogP contribution is -2.75. The van der Waals surface area contributed by atoms with Gasteiger partial charge in [-0.25, -0.2) is 0 Å². The van der Waals surface area contributed by atoms with Crippen LogP contribution in [0.4, 0.5) is 34.1 Å². The van der Waals surface area contributed by atoms with E-state index in [2.05, 4.69) is 378 Å². The molecule has 14 aromatic carbocycles. The van der Waals surface area contributed by atoms with Gasteiger partial charge in [0, 0.05) is 44.9 Å². The molecule has 0 amide bonds. The summed E-state index contributed by atoms with van der Waals surface area (Å²) < 4.78 is 2.52. The maximum Gasteiger partial charge on any atom is 0.252 e. The minimum atomic E-state index is -3.05. The van der Waals surface area contributed by atoms with E-state index in [9.17, 15) is 0 Å². The summed E-state index contributed by atoms with van der Waals surface area (Å²) in [5, 5.41) is 13.1. The van der Waals surface area contributed by atoms with Crippen molar-refractivity contribution in [1.82, 2.24) is 4.57 Å². The largest absolute Gasteiger partial charge is 0.311 e. The van der Waals surface area contributed by atoms with E-state index in [1.54, 1.807) is 0 Å². The normalized spacial score (nSPS) is 12.6. The molecule has 90 heavy (non-hydrogen) atoms. The number of hydrogen-bond donors (Lipinski definition) is 0. The van der Waals surface area contributed by atoms with E-state index in [1.807, 2.05) is 0 Å². The van der Waals surface area contributed by atoms with E-state index in [-0.39, 0.29) is 6.71 Å². The van der Waals surface area contributed by atoms with Crippen LogP contribution in [0.5, 0.6) is 0 Å². The van der Waals surface area contributed by atoms with Crippen molar-refractivity contribution < 1.29 is 0 Å². The average molecular weight is 1180 g/mol. The molecule has 3 nitrogen and oxygen atoms in total. The minimum Gasteiger partial charge on any atom is -0.311 e.